The second kappa shape index (κ2) is 5.93. The van der Waals surface area contributed by atoms with Gasteiger partial charge in [0.25, 0.3) is 0 Å². The van der Waals surface area contributed by atoms with Crippen LogP contribution in [0.2, 0.25) is 0 Å². The first-order valence-electron chi connectivity index (χ1n) is 9.71. The van der Waals surface area contributed by atoms with Gasteiger partial charge in [-0.25, -0.2) is 0 Å². The minimum atomic E-state index is -0.666. The van der Waals surface area contributed by atoms with Gasteiger partial charge in [-0.15, -0.1) is 0 Å². The minimum Gasteiger partial charge on any atom is -0.493 e. The van der Waals surface area contributed by atoms with E-state index < -0.39 is 5.60 Å². The van der Waals surface area contributed by atoms with E-state index in [1.54, 1.807) is 21.3 Å². The van der Waals surface area contributed by atoms with Gasteiger partial charge in [-0.2, -0.15) is 0 Å². The van der Waals surface area contributed by atoms with E-state index in [1.165, 1.54) is 0 Å². The summed E-state index contributed by atoms with van der Waals surface area (Å²) in [6.07, 6.45) is 0.0159. The van der Waals surface area contributed by atoms with Crippen molar-refractivity contribution < 1.29 is 33.2 Å². The van der Waals surface area contributed by atoms with Crippen LogP contribution in [-0.4, -0.2) is 41.3 Å². The van der Waals surface area contributed by atoms with Gasteiger partial charge in [0.1, 0.15) is 5.60 Å². The Balaban J connectivity index is 1.62. The molecule has 1 aliphatic carbocycles. The molecule has 0 amide bonds. The normalized spacial score (nSPS) is 30.2. The van der Waals surface area contributed by atoms with E-state index >= 15 is 0 Å². The fourth-order valence-corrected chi connectivity index (χ4v) is 5.48. The van der Waals surface area contributed by atoms with E-state index in [0.717, 1.165) is 28.2 Å². The van der Waals surface area contributed by atoms with Crippen molar-refractivity contribution in [1.82, 2.24) is 0 Å². The molecule has 152 valence electrons. The number of rotatable bonds is 4. The molecule has 2 saturated heterocycles. The maximum absolute atomic E-state index is 6.61. The first-order chi connectivity index (χ1) is 14.2. The Hall–Kier alpha value is -2.64. The summed E-state index contributed by atoms with van der Waals surface area (Å²) in [5, 5.41) is 0. The predicted octanol–water partition coefficient (Wildman–Crippen LogP) is 3.03. The van der Waals surface area contributed by atoms with Gasteiger partial charge in [-0.3, -0.25) is 0 Å². The van der Waals surface area contributed by atoms with Gasteiger partial charge in [0.15, 0.2) is 23.0 Å². The molecule has 0 spiro atoms. The Bertz CT molecular complexity index is 978. The summed E-state index contributed by atoms with van der Waals surface area (Å²) in [6.45, 7) is 1.49. The molecule has 0 unspecified atom stereocenters. The first-order valence-corrected chi connectivity index (χ1v) is 9.71. The van der Waals surface area contributed by atoms with Gasteiger partial charge >= 0.3 is 0 Å². The average molecular weight is 398 g/mol. The molecule has 0 saturated carbocycles. The SMILES string of the molecule is COc1cc([C@@]23OC[C@@H]4[C@@H](OC[C@@H]42)c2cc4c(cc23)OCO4)cc(OC)c1OC. The van der Waals surface area contributed by atoms with Gasteiger partial charge in [0.2, 0.25) is 12.5 Å². The highest BCUT2D eigenvalue weighted by molar-refractivity contribution is 5.61. The Morgan fingerprint density at radius 3 is 2.31 bits per heavy atom. The summed E-state index contributed by atoms with van der Waals surface area (Å²) >= 11 is 0. The zero-order chi connectivity index (χ0) is 19.8. The maximum atomic E-state index is 6.61. The zero-order valence-electron chi connectivity index (χ0n) is 16.5. The van der Waals surface area contributed by atoms with E-state index in [9.17, 15) is 0 Å². The maximum Gasteiger partial charge on any atom is 0.231 e. The lowest BCUT2D eigenvalue weighted by Crippen LogP contribution is -2.39. The van der Waals surface area contributed by atoms with Crippen LogP contribution in [0.15, 0.2) is 24.3 Å². The van der Waals surface area contributed by atoms with Gasteiger partial charge in [0, 0.05) is 11.8 Å². The topological polar surface area (TPSA) is 64.6 Å². The molecule has 29 heavy (non-hydrogen) atoms. The third-order valence-corrected chi connectivity index (χ3v) is 6.73. The summed E-state index contributed by atoms with van der Waals surface area (Å²) in [5.41, 5.74) is 2.47. The van der Waals surface area contributed by atoms with Gasteiger partial charge < -0.3 is 33.2 Å². The molecule has 7 heteroatoms. The van der Waals surface area contributed by atoms with Crippen LogP contribution in [0.25, 0.3) is 0 Å². The summed E-state index contributed by atoms with van der Waals surface area (Å²) in [6, 6.07) is 8.07. The van der Waals surface area contributed by atoms with Gasteiger partial charge in [0.05, 0.1) is 40.6 Å². The second-order valence-corrected chi connectivity index (χ2v) is 7.78. The number of benzene rings is 2. The molecule has 3 aliphatic heterocycles. The number of hydrogen-bond acceptors (Lipinski definition) is 7. The molecule has 0 aromatic heterocycles. The van der Waals surface area contributed by atoms with Crippen molar-refractivity contribution in [2.75, 3.05) is 41.3 Å². The van der Waals surface area contributed by atoms with Crippen molar-refractivity contribution in [3.63, 3.8) is 0 Å². The quantitative estimate of drug-likeness (QED) is 0.784. The standard InChI is InChI=1S/C22H22O7/c1-23-18-4-11(5-19(24-2)21(18)25-3)22-14-7-17-16(27-10-28-17)6-12(14)20-13(8-29-22)15(22)9-26-20/h4-7,13,15,20H,8-10H2,1-3H3/t13-,15-,20-,22-/m0/s1. The van der Waals surface area contributed by atoms with Gasteiger partial charge in [-0.1, -0.05) is 0 Å². The third kappa shape index (κ3) is 2.04. The van der Waals surface area contributed by atoms with Crippen LogP contribution < -0.4 is 23.7 Å². The zero-order valence-corrected chi connectivity index (χ0v) is 16.5. The van der Waals surface area contributed by atoms with Crippen molar-refractivity contribution >= 4 is 0 Å². The fraction of sp³-hybridized carbons (Fsp3) is 0.455. The van der Waals surface area contributed by atoms with Crippen molar-refractivity contribution in [3.05, 3.63) is 41.0 Å². The fourth-order valence-electron chi connectivity index (χ4n) is 5.48. The van der Waals surface area contributed by atoms with Crippen LogP contribution in [0.1, 0.15) is 22.8 Å². The van der Waals surface area contributed by atoms with Crippen molar-refractivity contribution in [2.45, 2.75) is 11.7 Å². The highest BCUT2D eigenvalue weighted by Crippen LogP contribution is 2.64. The molecule has 4 aliphatic rings. The van der Waals surface area contributed by atoms with Crippen molar-refractivity contribution in [2.24, 2.45) is 11.8 Å². The van der Waals surface area contributed by atoms with E-state index in [-0.39, 0.29) is 18.8 Å². The first kappa shape index (κ1) is 17.2. The smallest absolute Gasteiger partial charge is 0.231 e. The minimum absolute atomic E-state index is 0.0159. The largest absolute Gasteiger partial charge is 0.493 e. The highest BCUT2D eigenvalue weighted by atomic mass is 16.7. The molecule has 2 fully saturated rings. The summed E-state index contributed by atoms with van der Waals surface area (Å²) in [4.78, 5) is 0. The molecule has 4 atom stereocenters. The van der Waals surface area contributed by atoms with E-state index in [0.29, 0.717) is 36.4 Å². The Labute approximate surface area is 168 Å². The summed E-state index contributed by atoms with van der Waals surface area (Å²) in [7, 11) is 4.85. The van der Waals surface area contributed by atoms with Crippen molar-refractivity contribution in [1.29, 1.82) is 0 Å². The Kier molecular flexibility index (Phi) is 3.53. The van der Waals surface area contributed by atoms with Crippen LogP contribution in [0.5, 0.6) is 28.7 Å². The molecular weight excluding hydrogens is 376 g/mol. The lowest BCUT2D eigenvalue weighted by molar-refractivity contribution is -0.0132. The molecule has 3 heterocycles. The average Bonchev–Trinajstić information content (AvgIpc) is 3.43. The molecule has 6 rings (SSSR count). The van der Waals surface area contributed by atoms with Crippen molar-refractivity contribution in [3.8, 4) is 28.7 Å². The molecule has 2 aromatic rings. The number of ether oxygens (including phenoxy) is 7. The van der Waals surface area contributed by atoms with Crippen LogP contribution in [0, 0.1) is 11.8 Å². The second-order valence-electron chi connectivity index (χ2n) is 7.78. The lowest BCUT2D eigenvalue weighted by atomic mass is 9.66. The summed E-state index contributed by atoms with van der Waals surface area (Å²) < 4.78 is 40.9. The number of methoxy groups -OCH3 is 3. The molecule has 2 aromatic carbocycles. The Morgan fingerprint density at radius 2 is 1.62 bits per heavy atom. The third-order valence-electron chi connectivity index (χ3n) is 6.73. The number of fused-ring (bicyclic) bond motifs is 4. The molecular formula is C22H22O7. The lowest BCUT2D eigenvalue weighted by Gasteiger charge is -2.39. The molecule has 0 radical (unpaired) electrons. The van der Waals surface area contributed by atoms with Crippen LogP contribution in [0.4, 0.5) is 0 Å². The molecule has 4 bridgehead atoms. The van der Waals surface area contributed by atoms with Gasteiger partial charge in [-0.05, 0) is 41.0 Å². The number of hydrogen-bond donors (Lipinski definition) is 0. The van der Waals surface area contributed by atoms with E-state index in [4.69, 9.17) is 33.2 Å². The van der Waals surface area contributed by atoms with E-state index in [1.807, 2.05) is 12.1 Å². The van der Waals surface area contributed by atoms with Crippen LogP contribution in [-0.2, 0) is 15.1 Å². The van der Waals surface area contributed by atoms with E-state index in [2.05, 4.69) is 12.1 Å². The van der Waals surface area contributed by atoms with Crippen LogP contribution >= 0.6 is 0 Å². The molecule has 7 nitrogen and oxygen atoms in total. The highest BCUT2D eigenvalue weighted by Gasteiger charge is 2.63. The monoisotopic (exact) mass is 398 g/mol. The molecule has 0 N–H and O–H groups in total. The summed E-state index contributed by atoms with van der Waals surface area (Å²) in [5.74, 6) is 3.76. The van der Waals surface area contributed by atoms with Crippen LogP contribution in [0.3, 0.4) is 0 Å². The predicted molar refractivity (Wildman–Crippen MR) is 101 cm³/mol. The Morgan fingerprint density at radius 1 is 0.897 bits per heavy atom.